The van der Waals surface area contributed by atoms with Gasteiger partial charge in [-0.3, -0.25) is 5.73 Å². The van der Waals surface area contributed by atoms with Gasteiger partial charge in [0, 0.05) is 11.6 Å². The molecule has 0 aliphatic heterocycles. The van der Waals surface area contributed by atoms with E-state index in [1.807, 2.05) is 0 Å². The van der Waals surface area contributed by atoms with Crippen molar-refractivity contribution >= 4 is 10.0 Å². The molecule has 0 saturated heterocycles. The third-order valence-electron chi connectivity index (χ3n) is 2.20. The van der Waals surface area contributed by atoms with E-state index in [0.717, 1.165) is 6.08 Å². The fourth-order valence-corrected chi connectivity index (χ4v) is 1.77. The molecule has 0 heterocycles. The number of nitrogens with two attached hydrogens (primary N) is 3. The van der Waals surface area contributed by atoms with Gasteiger partial charge in [-0.1, -0.05) is 6.92 Å². The normalized spacial score (nSPS) is 33.6. The second-order valence-corrected chi connectivity index (χ2v) is 4.91. The Labute approximate surface area is 82.1 Å². The zero-order chi connectivity index (χ0) is 11.1. The van der Waals surface area contributed by atoms with Crippen LogP contribution in [0.5, 0.6) is 0 Å². The standard InChI is InChI=1S/C7H13N3O3S/c1-4-6(8)2-5(14(10,12)13)3-7(4,9)11/h2-4,11H,8-9H2,1H3,(H2,10,12,13). The van der Waals surface area contributed by atoms with Crippen LogP contribution in [0.2, 0.25) is 0 Å². The molecule has 0 fully saturated rings. The third kappa shape index (κ3) is 1.95. The Morgan fingerprint density at radius 3 is 2.43 bits per heavy atom. The second kappa shape index (κ2) is 3.06. The quantitative estimate of drug-likeness (QED) is 0.390. The van der Waals surface area contributed by atoms with E-state index in [2.05, 4.69) is 0 Å². The predicted octanol–water partition coefficient (Wildman–Crippen LogP) is -1.70. The Morgan fingerprint density at radius 1 is 1.57 bits per heavy atom. The molecule has 7 heteroatoms. The summed E-state index contributed by atoms with van der Waals surface area (Å²) in [6.45, 7) is 1.59. The lowest BCUT2D eigenvalue weighted by molar-refractivity contribution is 0.0544. The number of allylic oxidation sites excluding steroid dienone is 1. The molecule has 0 aromatic heterocycles. The summed E-state index contributed by atoms with van der Waals surface area (Å²) in [6, 6.07) is 0. The van der Waals surface area contributed by atoms with Gasteiger partial charge in [0.15, 0.2) is 0 Å². The van der Waals surface area contributed by atoms with Gasteiger partial charge < -0.3 is 10.8 Å². The monoisotopic (exact) mass is 219 g/mol. The molecule has 0 spiro atoms. The lowest BCUT2D eigenvalue weighted by atomic mass is 9.91. The van der Waals surface area contributed by atoms with Crippen molar-refractivity contribution in [1.29, 1.82) is 0 Å². The summed E-state index contributed by atoms with van der Waals surface area (Å²) in [7, 11) is -3.89. The van der Waals surface area contributed by atoms with Gasteiger partial charge in [0.2, 0.25) is 10.0 Å². The highest BCUT2D eigenvalue weighted by atomic mass is 32.2. The molecule has 1 aliphatic rings. The van der Waals surface area contributed by atoms with Crippen LogP contribution in [-0.2, 0) is 10.0 Å². The molecule has 0 amide bonds. The van der Waals surface area contributed by atoms with Crippen molar-refractivity contribution < 1.29 is 13.5 Å². The van der Waals surface area contributed by atoms with Crippen molar-refractivity contribution in [1.82, 2.24) is 0 Å². The molecule has 2 atom stereocenters. The molecule has 1 rings (SSSR count). The molecule has 0 aromatic carbocycles. The van der Waals surface area contributed by atoms with Crippen LogP contribution < -0.4 is 16.6 Å². The van der Waals surface area contributed by atoms with Crippen LogP contribution in [0.25, 0.3) is 0 Å². The first-order valence-electron chi connectivity index (χ1n) is 3.88. The van der Waals surface area contributed by atoms with Crippen molar-refractivity contribution in [2.75, 3.05) is 0 Å². The first-order valence-corrected chi connectivity index (χ1v) is 5.43. The molecule has 0 aromatic rings. The Kier molecular flexibility index (Phi) is 2.44. The smallest absolute Gasteiger partial charge is 0.237 e. The average molecular weight is 219 g/mol. The van der Waals surface area contributed by atoms with Crippen molar-refractivity contribution in [2.24, 2.45) is 22.5 Å². The molecule has 7 N–H and O–H groups in total. The zero-order valence-corrected chi connectivity index (χ0v) is 8.45. The minimum absolute atomic E-state index is 0.182. The van der Waals surface area contributed by atoms with E-state index in [4.69, 9.17) is 16.6 Å². The first kappa shape index (κ1) is 11.2. The van der Waals surface area contributed by atoms with E-state index in [-0.39, 0.29) is 10.6 Å². The molecule has 0 saturated carbocycles. The molecule has 14 heavy (non-hydrogen) atoms. The van der Waals surface area contributed by atoms with Crippen molar-refractivity contribution in [2.45, 2.75) is 12.6 Å². The molecule has 0 bridgehead atoms. The van der Waals surface area contributed by atoms with Gasteiger partial charge in [0.05, 0.1) is 4.91 Å². The maximum atomic E-state index is 11.0. The Balaban J connectivity index is 3.27. The van der Waals surface area contributed by atoms with Crippen LogP contribution in [0.1, 0.15) is 6.92 Å². The fourth-order valence-electron chi connectivity index (χ4n) is 1.12. The first-order chi connectivity index (χ1) is 6.14. The van der Waals surface area contributed by atoms with E-state index < -0.39 is 21.7 Å². The van der Waals surface area contributed by atoms with Crippen molar-refractivity contribution in [3.05, 3.63) is 22.8 Å². The fraction of sp³-hybridized carbons (Fsp3) is 0.429. The molecular weight excluding hydrogens is 206 g/mol. The predicted molar refractivity (Wildman–Crippen MR) is 51.8 cm³/mol. The summed E-state index contributed by atoms with van der Waals surface area (Å²) in [5, 5.41) is 14.5. The molecule has 1 aliphatic carbocycles. The van der Waals surface area contributed by atoms with Gasteiger partial charge >= 0.3 is 0 Å². The van der Waals surface area contributed by atoms with Gasteiger partial charge in [-0.25, -0.2) is 13.6 Å². The van der Waals surface area contributed by atoms with Crippen LogP contribution in [-0.4, -0.2) is 19.2 Å². The van der Waals surface area contributed by atoms with Crippen LogP contribution in [0.4, 0.5) is 0 Å². The highest BCUT2D eigenvalue weighted by Gasteiger charge is 2.34. The number of aliphatic hydroxyl groups is 1. The molecule has 80 valence electrons. The number of sulfonamides is 1. The van der Waals surface area contributed by atoms with Gasteiger partial charge in [-0.2, -0.15) is 0 Å². The molecule has 6 nitrogen and oxygen atoms in total. The number of hydrogen-bond acceptors (Lipinski definition) is 5. The Hall–Kier alpha value is -0.890. The topological polar surface area (TPSA) is 132 Å². The summed E-state index contributed by atoms with van der Waals surface area (Å²) in [5.41, 5.74) is 9.34. The Bertz CT molecular complexity index is 408. The highest BCUT2D eigenvalue weighted by Crippen LogP contribution is 2.27. The van der Waals surface area contributed by atoms with E-state index in [1.54, 1.807) is 6.92 Å². The summed E-state index contributed by atoms with van der Waals surface area (Å²) in [5.74, 6) is -0.548. The second-order valence-electron chi connectivity index (χ2n) is 3.35. The van der Waals surface area contributed by atoms with Crippen LogP contribution >= 0.6 is 0 Å². The minimum Gasteiger partial charge on any atom is -0.402 e. The van der Waals surface area contributed by atoms with Gasteiger partial charge in [0.1, 0.15) is 5.72 Å². The van der Waals surface area contributed by atoms with Crippen molar-refractivity contribution in [3.63, 3.8) is 0 Å². The van der Waals surface area contributed by atoms with E-state index in [9.17, 15) is 13.5 Å². The van der Waals surface area contributed by atoms with Gasteiger partial charge in [-0.15, -0.1) is 0 Å². The van der Waals surface area contributed by atoms with Gasteiger partial charge in [-0.05, 0) is 12.2 Å². The summed E-state index contributed by atoms with van der Waals surface area (Å²) in [6.07, 6.45) is 2.19. The van der Waals surface area contributed by atoms with E-state index in [0.29, 0.717) is 0 Å². The maximum Gasteiger partial charge on any atom is 0.237 e. The Morgan fingerprint density at radius 2 is 2.07 bits per heavy atom. The van der Waals surface area contributed by atoms with Gasteiger partial charge in [0.25, 0.3) is 0 Å². The highest BCUT2D eigenvalue weighted by molar-refractivity contribution is 7.93. The van der Waals surface area contributed by atoms with Crippen LogP contribution in [0.15, 0.2) is 22.8 Å². The van der Waals surface area contributed by atoms with E-state index in [1.165, 1.54) is 6.08 Å². The largest absolute Gasteiger partial charge is 0.402 e. The summed E-state index contributed by atoms with van der Waals surface area (Å²) in [4.78, 5) is -0.266. The maximum absolute atomic E-state index is 11.0. The summed E-state index contributed by atoms with van der Waals surface area (Å²) < 4.78 is 21.9. The molecule has 0 radical (unpaired) electrons. The number of primary sulfonamides is 1. The van der Waals surface area contributed by atoms with E-state index >= 15 is 0 Å². The van der Waals surface area contributed by atoms with Crippen LogP contribution in [0, 0.1) is 5.92 Å². The minimum atomic E-state index is -3.89. The number of hydrogen-bond donors (Lipinski definition) is 4. The van der Waals surface area contributed by atoms with Crippen molar-refractivity contribution in [3.8, 4) is 0 Å². The SMILES string of the molecule is CC1C(N)=CC(S(N)(=O)=O)=CC1(N)O. The average Bonchev–Trinajstić information content (AvgIpc) is 1.97. The number of rotatable bonds is 1. The molecule has 2 unspecified atom stereocenters. The summed E-state index contributed by atoms with van der Waals surface area (Å²) >= 11 is 0. The van der Waals surface area contributed by atoms with Crippen LogP contribution in [0.3, 0.4) is 0 Å². The third-order valence-corrected chi connectivity index (χ3v) is 3.10. The lowest BCUT2D eigenvalue weighted by Crippen LogP contribution is -2.48. The zero-order valence-electron chi connectivity index (χ0n) is 7.64. The molecular formula is C7H13N3O3S. The lowest BCUT2D eigenvalue weighted by Gasteiger charge is -2.31.